The summed E-state index contributed by atoms with van der Waals surface area (Å²) in [6, 6.07) is 0. The van der Waals surface area contributed by atoms with E-state index in [0.717, 1.165) is 112 Å². The van der Waals surface area contributed by atoms with E-state index in [9.17, 15) is 10.2 Å². The zero-order valence-corrected chi connectivity index (χ0v) is 42.9. The predicted octanol–water partition coefficient (Wildman–Crippen LogP) is 15.9. The Morgan fingerprint density at radius 1 is 0.305 bits per heavy atom. The molecule has 0 aliphatic heterocycles. The van der Waals surface area contributed by atoms with E-state index in [2.05, 4.69) is 96.9 Å². The van der Waals surface area contributed by atoms with E-state index in [1.165, 1.54) is 77.0 Å². The molecular formula is C54H110O5. The van der Waals surface area contributed by atoms with Crippen molar-refractivity contribution >= 4 is 0 Å². The predicted molar refractivity (Wildman–Crippen MR) is 258 cm³/mol. The summed E-state index contributed by atoms with van der Waals surface area (Å²) in [5.41, 5.74) is 0. The maximum absolute atomic E-state index is 9.75. The van der Waals surface area contributed by atoms with E-state index in [4.69, 9.17) is 14.2 Å². The Labute approximate surface area is 371 Å². The molecule has 356 valence electrons. The van der Waals surface area contributed by atoms with Gasteiger partial charge in [0.25, 0.3) is 0 Å². The first-order valence-electron chi connectivity index (χ1n) is 26.0. The monoisotopic (exact) mass is 839 g/mol. The number of aliphatic hydroxyl groups excluding tert-OH is 2. The molecule has 0 saturated carbocycles. The minimum absolute atomic E-state index is 0.183. The number of rotatable bonds is 40. The standard InChI is InChI=1S/C54H110O5/c1-17-25-57-53(23-19-21-39(3)27-41(5)29-43(7)31-45(9)33-47(11)35-49(13)37-51(15)55)59-54(58-26-18-2)24-20-22-40(4)28-42(6)30-44(8)32-46(10)34-48(12)36-50(14)38-52(16)56/h39-56H,17-38H2,1-16H3. The first-order valence-corrected chi connectivity index (χ1v) is 26.0. The first-order chi connectivity index (χ1) is 27.7. The van der Waals surface area contributed by atoms with Crippen LogP contribution in [0, 0.1) is 71.0 Å². The molecule has 0 rings (SSSR count). The molecule has 0 fully saturated rings. The van der Waals surface area contributed by atoms with Gasteiger partial charge in [-0.3, -0.25) is 0 Å². The first kappa shape index (κ1) is 58.8. The lowest BCUT2D eigenvalue weighted by atomic mass is 9.81. The largest absolute Gasteiger partial charge is 0.393 e. The Morgan fingerprint density at radius 3 is 0.746 bits per heavy atom. The molecule has 0 heterocycles. The van der Waals surface area contributed by atoms with Crippen molar-refractivity contribution in [2.75, 3.05) is 13.2 Å². The second-order valence-electron chi connectivity index (χ2n) is 22.4. The van der Waals surface area contributed by atoms with Crippen LogP contribution in [-0.2, 0) is 14.2 Å². The van der Waals surface area contributed by atoms with E-state index >= 15 is 0 Å². The second kappa shape index (κ2) is 35.2. The third kappa shape index (κ3) is 34.9. The Hall–Kier alpha value is -0.200. The smallest absolute Gasteiger partial charge is 0.160 e. The fourth-order valence-electron chi connectivity index (χ4n) is 11.5. The molecule has 16 unspecified atom stereocenters. The number of aliphatic hydroxyl groups is 2. The van der Waals surface area contributed by atoms with E-state index in [1.807, 2.05) is 13.8 Å². The fraction of sp³-hybridized carbons (Fsp3) is 1.00. The zero-order valence-electron chi connectivity index (χ0n) is 42.9. The van der Waals surface area contributed by atoms with Crippen LogP contribution in [0.1, 0.15) is 239 Å². The lowest BCUT2D eigenvalue weighted by molar-refractivity contribution is -0.250. The van der Waals surface area contributed by atoms with Crippen molar-refractivity contribution in [1.29, 1.82) is 0 Å². The molecule has 0 aromatic heterocycles. The van der Waals surface area contributed by atoms with Crippen LogP contribution in [0.4, 0.5) is 0 Å². The lowest BCUT2D eigenvalue weighted by Crippen LogP contribution is -2.28. The highest BCUT2D eigenvalue weighted by Gasteiger charge is 2.22. The molecule has 59 heavy (non-hydrogen) atoms. The summed E-state index contributed by atoms with van der Waals surface area (Å²) in [6.07, 6.45) is 22.7. The van der Waals surface area contributed by atoms with Crippen molar-refractivity contribution < 1.29 is 24.4 Å². The number of hydrogen-bond acceptors (Lipinski definition) is 5. The third-order valence-corrected chi connectivity index (χ3v) is 13.1. The molecule has 0 aliphatic carbocycles. The van der Waals surface area contributed by atoms with E-state index < -0.39 is 0 Å². The SMILES string of the molecule is CCCOC(CCCC(C)CC(C)CC(C)CC(C)CC(C)CC(C)CC(C)O)OC(CCCC(C)CC(C)CC(C)CC(C)CC(C)CC(C)CC(C)O)OCCC. The number of ether oxygens (including phenoxy) is 3. The summed E-state index contributed by atoms with van der Waals surface area (Å²) in [6.45, 7) is 38.8. The molecule has 0 aliphatic rings. The van der Waals surface area contributed by atoms with Gasteiger partial charge in [-0.05, 0) is 200 Å². The molecule has 0 bridgehead atoms. The van der Waals surface area contributed by atoms with Crippen LogP contribution >= 0.6 is 0 Å². The fourth-order valence-corrected chi connectivity index (χ4v) is 11.5. The van der Waals surface area contributed by atoms with Gasteiger partial charge in [0, 0.05) is 13.2 Å². The molecule has 0 amide bonds. The second-order valence-corrected chi connectivity index (χ2v) is 22.4. The van der Waals surface area contributed by atoms with E-state index in [-0.39, 0.29) is 24.8 Å². The summed E-state index contributed by atoms with van der Waals surface area (Å²) in [5.74, 6) is 8.67. The van der Waals surface area contributed by atoms with Crippen LogP contribution in [0.25, 0.3) is 0 Å². The summed E-state index contributed by atoms with van der Waals surface area (Å²) in [7, 11) is 0. The van der Waals surface area contributed by atoms with Gasteiger partial charge >= 0.3 is 0 Å². The average Bonchev–Trinajstić information content (AvgIpc) is 3.07. The molecular weight excluding hydrogens is 729 g/mol. The van der Waals surface area contributed by atoms with Gasteiger partial charge in [0.2, 0.25) is 0 Å². The summed E-state index contributed by atoms with van der Waals surface area (Å²) < 4.78 is 19.2. The molecule has 0 aromatic rings. The topological polar surface area (TPSA) is 68.2 Å². The maximum Gasteiger partial charge on any atom is 0.160 e. The summed E-state index contributed by atoms with van der Waals surface area (Å²) in [4.78, 5) is 0. The Bertz CT molecular complexity index is 852. The lowest BCUT2D eigenvalue weighted by Gasteiger charge is -2.27. The van der Waals surface area contributed by atoms with E-state index in [0.29, 0.717) is 23.7 Å². The van der Waals surface area contributed by atoms with Crippen molar-refractivity contribution in [3.05, 3.63) is 0 Å². The Morgan fingerprint density at radius 2 is 0.525 bits per heavy atom. The van der Waals surface area contributed by atoms with Crippen molar-refractivity contribution in [3.63, 3.8) is 0 Å². The van der Waals surface area contributed by atoms with Crippen LogP contribution in [0.3, 0.4) is 0 Å². The molecule has 0 aromatic carbocycles. The molecule has 5 nitrogen and oxygen atoms in total. The van der Waals surface area contributed by atoms with Gasteiger partial charge in [0.05, 0.1) is 12.2 Å². The normalized spacial score (nSPS) is 20.6. The van der Waals surface area contributed by atoms with Crippen molar-refractivity contribution in [1.82, 2.24) is 0 Å². The highest BCUT2D eigenvalue weighted by atomic mass is 16.8. The minimum Gasteiger partial charge on any atom is -0.393 e. The van der Waals surface area contributed by atoms with Crippen LogP contribution < -0.4 is 0 Å². The van der Waals surface area contributed by atoms with Crippen LogP contribution in [0.15, 0.2) is 0 Å². The molecule has 2 N–H and O–H groups in total. The van der Waals surface area contributed by atoms with Crippen molar-refractivity contribution in [3.8, 4) is 0 Å². The Balaban J connectivity index is 4.73. The van der Waals surface area contributed by atoms with Gasteiger partial charge in [-0.15, -0.1) is 0 Å². The molecule has 0 saturated heterocycles. The molecule has 0 spiro atoms. The minimum atomic E-state index is -0.184. The number of hydrogen-bond donors (Lipinski definition) is 2. The van der Waals surface area contributed by atoms with Gasteiger partial charge in [0.15, 0.2) is 12.6 Å². The quantitative estimate of drug-likeness (QED) is 0.0602. The molecule has 0 radical (unpaired) electrons. The third-order valence-electron chi connectivity index (χ3n) is 13.1. The summed E-state index contributed by atoms with van der Waals surface area (Å²) >= 11 is 0. The average molecular weight is 839 g/mol. The van der Waals surface area contributed by atoms with Crippen LogP contribution in [0.5, 0.6) is 0 Å². The zero-order chi connectivity index (χ0) is 44.9. The highest BCUT2D eigenvalue weighted by molar-refractivity contribution is 4.72. The molecule has 16 atom stereocenters. The van der Waals surface area contributed by atoms with Gasteiger partial charge in [0.1, 0.15) is 0 Å². The highest BCUT2D eigenvalue weighted by Crippen LogP contribution is 2.32. The maximum atomic E-state index is 9.75. The van der Waals surface area contributed by atoms with Gasteiger partial charge in [-0.1, -0.05) is 110 Å². The van der Waals surface area contributed by atoms with Gasteiger partial charge in [-0.25, -0.2) is 0 Å². The van der Waals surface area contributed by atoms with Gasteiger partial charge < -0.3 is 24.4 Å². The summed E-state index contributed by atoms with van der Waals surface area (Å²) in [5, 5.41) is 19.5. The van der Waals surface area contributed by atoms with Crippen molar-refractivity contribution in [2.24, 2.45) is 71.0 Å². The van der Waals surface area contributed by atoms with E-state index in [1.54, 1.807) is 0 Å². The molecule has 5 heteroatoms. The Kier molecular flexibility index (Phi) is 35.1. The van der Waals surface area contributed by atoms with Crippen LogP contribution in [-0.4, -0.2) is 48.2 Å². The van der Waals surface area contributed by atoms with Gasteiger partial charge in [-0.2, -0.15) is 0 Å². The van der Waals surface area contributed by atoms with Crippen molar-refractivity contribution in [2.45, 2.75) is 264 Å². The van der Waals surface area contributed by atoms with Crippen LogP contribution in [0.2, 0.25) is 0 Å².